The molecule has 1 atom stereocenters. The standard InChI is InChI=1S/C7H13NOS/c8-7(9)6-2-1-4-10-5-3-6/h6H,1-5H2,(H2,8,9)/t6-/m0/s1. The Bertz CT molecular complexity index is 119. The molecule has 58 valence electrons. The first-order valence-electron chi connectivity index (χ1n) is 3.68. The number of amides is 1. The molecule has 1 aliphatic rings. The SMILES string of the molecule is NC(=O)[C@H]1CCCSCC1. The van der Waals surface area contributed by atoms with Crippen molar-refractivity contribution in [1.82, 2.24) is 0 Å². The summed E-state index contributed by atoms with van der Waals surface area (Å²) in [5, 5.41) is 0. The van der Waals surface area contributed by atoms with E-state index in [-0.39, 0.29) is 11.8 Å². The zero-order valence-electron chi connectivity index (χ0n) is 6.01. The first-order valence-corrected chi connectivity index (χ1v) is 4.83. The average molecular weight is 159 g/mol. The van der Waals surface area contributed by atoms with Gasteiger partial charge in [0, 0.05) is 5.92 Å². The van der Waals surface area contributed by atoms with E-state index in [9.17, 15) is 4.79 Å². The van der Waals surface area contributed by atoms with Crippen LogP contribution in [0.1, 0.15) is 19.3 Å². The number of carbonyl (C=O) groups excluding carboxylic acids is 1. The van der Waals surface area contributed by atoms with E-state index in [1.165, 1.54) is 5.75 Å². The van der Waals surface area contributed by atoms with Gasteiger partial charge in [-0.05, 0) is 30.8 Å². The second-order valence-electron chi connectivity index (χ2n) is 2.64. The molecule has 2 N–H and O–H groups in total. The van der Waals surface area contributed by atoms with Crippen LogP contribution >= 0.6 is 11.8 Å². The minimum atomic E-state index is -0.109. The quantitative estimate of drug-likeness (QED) is 0.620. The summed E-state index contributed by atoms with van der Waals surface area (Å²) in [7, 11) is 0. The van der Waals surface area contributed by atoms with E-state index in [4.69, 9.17) is 5.73 Å². The van der Waals surface area contributed by atoms with Crippen molar-refractivity contribution < 1.29 is 4.79 Å². The topological polar surface area (TPSA) is 43.1 Å². The molecule has 0 aliphatic carbocycles. The van der Waals surface area contributed by atoms with Crippen molar-refractivity contribution in [2.45, 2.75) is 19.3 Å². The van der Waals surface area contributed by atoms with Crippen LogP contribution in [0.15, 0.2) is 0 Å². The lowest BCUT2D eigenvalue weighted by molar-refractivity contribution is -0.122. The minimum Gasteiger partial charge on any atom is -0.369 e. The molecule has 1 aliphatic heterocycles. The fourth-order valence-corrected chi connectivity index (χ4v) is 2.21. The molecule has 1 amide bonds. The van der Waals surface area contributed by atoms with Crippen LogP contribution in [0.3, 0.4) is 0 Å². The number of carbonyl (C=O) groups is 1. The fourth-order valence-electron chi connectivity index (χ4n) is 1.19. The Balaban J connectivity index is 2.35. The maximum atomic E-state index is 10.7. The monoisotopic (exact) mass is 159 g/mol. The molecule has 10 heavy (non-hydrogen) atoms. The molecule has 1 saturated heterocycles. The van der Waals surface area contributed by atoms with Crippen molar-refractivity contribution in [3.63, 3.8) is 0 Å². The normalized spacial score (nSPS) is 27.4. The van der Waals surface area contributed by atoms with Gasteiger partial charge in [0.1, 0.15) is 0 Å². The van der Waals surface area contributed by atoms with Crippen molar-refractivity contribution in [1.29, 1.82) is 0 Å². The first-order chi connectivity index (χ1) is 4.80. The van der Waals surface area contributed by atoms with E-state index in [1.54, 1.807) is 0 Å². The van der Waals surface area contributed by atoms with E-state index >= 15 is 0 Å². The van der Waals surface area contributed by atoms with E-state index < -0.39 is 0 Å². The molecule has 0 spiro atoms. The molecule has 1 rings (SSSR count). The lowest BCUT2D eigenvalue weighted by Crippen LogP contribution is -2.22. The van der Waals surface area contributed by atoms with Gasteiger partial charge in [0.25, 0.3) is 0 Å². The molecular formula is C7H13NOS. The molecule has 0 bridgehead atoms. The van der Waals surface area contributed by atoms with Gasteiger partial charge in [0.15, 0.2) is 0 Å². The molecule has 0 aromatic rings. The van der Waals surface area contributed by atoms with E-state index in [0.29, 0.717) is 0 Å². The third-order valence-corrected chi connectivity index (χ3v) is 2.96. The van der Waals surface area contributed by atoms with Crippen molar-refractivity contribution >= 4 is 17.7 Å². The molecule has 0 radical (unpaired) electrons. The van der Waals surface area contributed by atoms with Crippen LogP contribution in [0, 0.1) is 5.92 Å². The molecule has 1 heterocycles. The molecule has 3 heteroatoms. The molecular weight excluding hydrogens is 146 g/mol. The van der Waals surface area contributed by atoms with Crippen LogP contribution < -0.4 is 5.73 Å². The highest BCUT2D eigenvalue weighted by atomic mass is 32.2. The maximum absolute atomic E-state index is 10.7. The third kappa shape index (κ3) is 2.21. The van der Waals surface area contributed by atoms with Crippen LogP contribution in [0.5, 0.6) is 0 Å². The second-order valence-corrected chi connectivity index (χ2v) is 3.87. The van der Waals surface area contributed by atoms with Crippen LogP contribution in [-0.2, 0) is 4.79 Å². The van der Waals surface area contributed by atoms with Gasteiger partial charge in [0.2, 0.25) is 5.91 Å². The summed E-state index contributed by atoms with van der Waals surface area (Å²) >= 11 is 1.93. The van der Waals surface area contributed by atoms with Crippen molar-refractivity contribution in [3.8, 4) is 0 Å². The maximum Gasteiger partial charge on any atom is 0.220 e. The van der Waals surface area contributed by atoms with Gasteiger partial charge in [0.05, 0.1) is 0 Å². The Labute approximate surface area is 65.5 Å². The summed E-state index contributed by atoms with van der Waals surface area (Å²) in [6.07, 6.45) is 3.14. The Morgan fingerprint density at radius 3 is 2.90 bits per heavy atom. The second kappa shape index (κ2) is 3.86. The Morgan fingerprint density at radius 2 is 2.20 bits per heavy atom. The van der Waals surface area contributed by atoms with Crippen LogP contribution in [0.25, 0.3) is 0 Å². The zero-order chi connectivity index (χ0) is 7.40. The third-order valence-electron chi connectivity index (χ3n) is 1.85. The zero-order valence-corrected chi connectivity index (χ0v) is 6.82. The number of hydrogen-bond acceptors (Lipinski definition) is 2. The lowest BCUT2D eigenvalue weighted by Gasteiger charge is -2.06. The van der Waals surface area contributed by atoms with Crippen molar-refractivity contribution in [3.05, 3.63) is 0 Å². The van der Waals surface area contributed by atoms with Gasteiger partial charge >= 0.3 is 0 Å². The molecule has 0 saturated carbocycles. The molecule has 1 fully saturated rings. The predicted molar refractivity (Wildman–Crippen MR) is 43.9 cm³/mol. The summed E-state index contributed by atoms with van der Waals surface area (Å²) in [5.74, 6) is 2.36. The molecule has 0 aromatic heterocycles. The number of hydrogen-bond donors (Lipinski definition) is 1. The number of thioether (sulfide) groups is 1. The number of rotatable bonds is 1. The van der Waals surface area contributed by atoms with Crippen LogP contribution in [0.4, 0.5) is 0 Å². The first kappa shape index (κ1) is 7.92. The van der Waals surface area contributed by atoms with E-state index in [1.807, 2.05) is 11.8 Å². The van der Waals surface area contributed by atoms with Crippen LogP contribution in [-0.4, -0.2) is 17.4 Å². The summed E-state index contributed by atoms with van der Waals surface area (Å²) in [6.45, 7) is 0. The Morgan fingerprint density at radius 1 is 1.40 bits per heavy atom. The largest absolute Gasteiger partial charge is 0.369 e. The number of primary amides is 1. The molecule has 0 unspecified atom stereocenters. The number of nitrogens with two attached hydrogens (primary N) is 1. The summed E-state index contributed by atoms with van der Waals surface area (Å²) in [4.78, 5) is 10.7. The highest BCUT2D eigenvalue weighted by Crippen LogP contribution is 2.21. The molecule has 2 nitrogen and oxygen atoms in total. The predicted octanol–water partition coefficient (Wildman–Crippen LogP) is 1.00. The highest BCUT2D eigenvalue weighted by molar-refractivity contribution is 7.99. The van der Waals surface area contributed by atoms with Crippen LogP contribution in [0.2, 0.25) is 0 Å². The Kier molecular flexibility index (Phi) is 3.06. The van der Waals surface area contributed by atoms with Crippen molar-refractivity contribution in [2.24, 2.45) is 11.7 Å². The smallest absolute Gasteiger partial charge is 0.220 e. The highest BCUT2D eigenvalue weighted by Gasteiger charge is 2.16. The van der Waals surface area contributed by atoms with E-state index in [2.05, 4.69) is 0 Å². The fraction of sp³-hybridized carbons (Fsp3) is 0.857. The van der Waals surface area contributed by atoms with Gasteiger partial charge in [-0.15, -0.1) is 0 Å². The average Bonchev–Trinajstić information content (AvgIpc) is 2.12. The van der Waals surface area contributed by atoms with Gasteiger partial charge in [-0.25, -0.2) is 0 Å². The summed E-state index contributed by atoms with van der Waals surface area (Å²) < 4.78 is 0. The van der Waals surface area contributed by atoms with Gasteiger partial charge in [-0.2, -0.15) is 11.8 Å². The van der Waals surface area contributed by atoms with Crippen molar-refractivity contribution in [2.75, 3.05) is 11.5 Å². The van der Waals surface area contributed by atoms with Gasteiger partial charge in [-0.3, -0.25) is 4.79 Å². The van der Waals surface area contributed by atoms with Gasteiger partial charge < -0.3 is 5.73 Å². The minimum absolute atomic E-state index is 0.109. The Hall–Kier alpha value is -0.180. The molecule has 0 aromatic carbocycles. The lowest BCUT2D eigenvalue weighted by atomic mass is 10.0. The van der Waals surface area contributed by atoms with E-state index in [0.717, 1.165) is 25.0 Å². The van der Waals surface area contributed by atoms with Gasteiger partial charge in [-0.1, -0.05) is 0 Å². The summed E-state index contributed by atoms with van der Waals surface area (Å²) in [6, 6.07) is 0. The summed E-state index contributed by atoms with van der Waals surface area (Å²) in [5.41, 5.74) is 5.19.